The molecular formula is H4NO2SSi-. The Balaban J connectivity index is 2.85. The molecule has 0 spiro atoms. The molecule has 0 amide bonds. The first-order valence-corrected chi connectivity index (χ1v) is 3.11. The van der Waals surface area contributed by atoms with Gasteiger partial charge in [0, 0.05) is 11.3 Å². The van der Waals surface area contributed by atoms with Crippen LogP contribution in [0.1, 0.15) is 0 Å². The van der Waals surface area contributed by atoms with Crippen LogP contribution in [0, 0.1) is 0 Å². The first kappa shape index (κ1) is 5.29. The van der Waals surface area contributed by atoms with Gasteiger partial charge >= 0.3 is 0 Å². The summed E-state index contributed by atoms with van der Waals surface area (Å²) in [4.78, 5) is 0. The summed E-state index contributed by atoms with van der Waals surface area (Å²) in [5.41, 5.74) is 0. The van der Waals surface area contributed by atoms with Gasteiger partial charge in [0.05, 0.1) is 10.4 Å². The Morgan fingerprint density at radius 2 is 2.20 bits per heavy atom. The summed E-state index contributed by atoms with van der Waals surface area (Å²) >= 11 is -2.01. The van der Waals surface area contributed by atoms with Gasteiger partial charge in [-0.15, -0.1) is 0 Å². The summed E-state index contributed by atoms with van der Waals surface area (Å²) in [7, 11) is 0.511. The van der Waals surface area contributed by atoms with Crippen LogP contribution in [0.3, 0.4) is 0 Å². The van der Waals surface area contributed by atoms with Gasteiger partial charge in [-0.3, -0.25) is 8.60 Å². The molecule has 0 aromatic carbocycles. The van der Waals surface area contributed by atoms with E-state index in [9.17, 15) is 8.76 Å². The van der Waals surface area contributed by atoms with Crippen molar-refractivity contribution in [1.29, 1.82) is 0 Å². The van der Waals surface area contributed by atoms with Crippen molar-refractivity contribution in [3.05, 3.63) is 0 Å². The van der Waals surface area contributed by atoms with Gasteiger partial charge in [-0.05, 0) is 0 Å². The Morgan fingerprint density at radius 3 is 2.20 bits per heavy atom. The molecular weight excluding hydrogens is 106 g/mol. The molecule has 1 unspecified atom stereocenters. The summed E-state index contributed by atoms with van der Waals surface area (Å²) in [6, 6.07) is 0. The van der Waals surface area contributed by atoms with Crippen LogP contribution >= 0.6 is 0 Å². The van der Waals surface area contributed by atoms with E-state index in [2.05, 4.69) is 4.39 Å². The average Bonchev–Trinajstić information content (AvgIpc) is 1.38. The van der Waals surface area contributed by atoms with E-state index in [1.807, 2.05) is 0 Å². The van der Waals surface area contributed by atoms with E-state index < -0.39 is 11.3 Å². The van der Waals surface area contributed by atoms with E-state index in [0.717, 1.165) is 0 Å². The maximum Gasteiger partial charge on any atom is 0.0901 e. The van der Waals surface area contributed by atoms with Gasteiger partial charge in [0.15, 0.2) is 0 Å². The van der Waals surface area contributed by atoms with Gasteiger partial charge in [-0.2, -0.15) is 0 Å². The molecule has 0 aromatic rings. The fourth-order valence-corrected chi connectivity index (χ4v) is 0. The van der Waals surface area contributed by atoms with Crippen molar-refractivity contribution in [2.45, 2.75) is 0 Å². The minimum Gasteiger partial charge on any atom is -0.760 e. The molecule has 0 saturated carbocycles. The SMILES string of the molecule is O=S([O-])N[SiH3]. The van der Waals surface area contributed by atoms with E-state index in [1.54, 1.807) is 0 Å². The Bertz CT molecular complexity index is 44.9. The van der Waals surface area contributed by atoms with E-state index in [4.69, 9.17) is 0 Å². The normalized spacial score (nSPS) is 15.4. The summed E-state index contributed by atoms with van der Waals surface area (Å²) in [6.07, 6.45) is 0. The summed E-state index contributed by atoms with van der Waals surface area (Å²) in [5.74, 6) is 0. The van der Waals surface area contributed by atoms with Gasteiger partial charge in [0.25, 0.3) is 0 Å². The van der Waals surface area contributed by atoms with Crippen molar-refractivity contribution in [3.63, 3.8) is 0 Å². The third kappa shape index (κ3) is 4.29. The Morgan fingerprint density at radius 1 is 2.00 bits per heavy atom. The average molecular weight is 110 g/mol. The molecule has 0 fully saturated rings. The lowest BCUT2D eigenvalue weighted by atomic mass is 13.9. The lowest BCUT2D eigenvalue weighted by Gasteiger charge is -1.96. The van der Waals surface area contributed by atoms with Crippen LogP contribution in [0.5, 0.6) is 0 Å². The maximum atomic E-state index is 9.29. The molecule has 32 valence electrons. The van der Waals surface area contributed by atoms with E-state index >= 15 is 0 Å². The molecule has 0 bridgehead atoms. The van der Waals surface area contributed by atoms with Crippen molar-refractivity contribution in [3.8, 4) is 0 Å². The highest BCUT2D eigenvalue weighted by Crippen LogP contribution is 1.46. The van der Waals surface area contributed by atoms with Crippen molar-refractivity contribution in [2.24, 2.45) is 0 Å². The second-order valence-corrected chi connectivity index (χ2v) is 2.54. The fraction of sp³-hybridized carbons (Fsp3) is 0. The fourth-order valence-electron chi connectivity index (χ4n) is 0. The summed E-state index contributed by atoms with van der Waals surface area (Å²) in [6.45, 7) is 0. The molecule has 0 radical (unpaired) electrons. The molecule has 0 heterocycles. The predicted octanol–water partition coefficient (Wildman–Crippen LogP) is -2.35. The molecule has 0 aliphatic heterocycles. The number of nitrogens with one attached hydrogen (secondary N) is 1. The van der Waals surface area contributed by atoms with Gasteiger partial charge in [-0.1, -0.05) is 0 Å². The molecule has 0 aromatic heterocycles. The van der Waals surface area contributed by atoms with Gasteiger partial charge < -0.3 is 4.55 Å². The Kier molecular flexibility index (Phi) is 2.66. The van der Waals surface area contributed by atoms with Crippen LogP contribution in [0.4, 0.5) is 0 Å². The minimum absolute atomic E-state index is 0.511. The van der Waals surface area contributed by atoms with Crippen LogP contribution in [-0.2, 0) is 11.3 Å². The van der Waals surface area contributed by atoms with Crippen molar-refractivity contribution in [1.82, 2.24) is 4.39 Å². The highest BCUT2D eigenvalue weighted by Gasteiger charge is 1.57. The minimum atomic E-state index is -2.01. The lowest BCUT2D eigenvalue weighted by molar-refractivity contribution is 0.534. The lowest BCUT2D eigenvalue weighted by Crippen LogP contribution is -2.10. The smallest absolute Gasteiger partial charge is 0.0901 e. The van der Waals surface area contributed by atoms with Crippen molar-refractivity contribution in [2.75, 3.05) is 0 Å². The standard InChI is InChI=1S/H5NO2SSi/c2-4(3)1-5/h1H,5H3,(H,2,3)/p-1. The zero-order valence-corrected chi connectivity index (χ0v) is 5.54. The molecule has 5 heteroatoms. The van der Waals surface area contributed by atoms with Gasteiger partial charge in [0.1, 0.15) is 0 Å². The quantitative estimate of drug-likeness (QED) is 0.303. The Labute approximate surface area is 35.7 Å². The van der Waals surface area contributed by atoms with Crippen molar-refractivity contribution >= 4 is 21.7 Å². The van der Waals surface area contributed by atoms with E-state index in [-0.39, 0.29) is 0 Å². The molecule has 1 atom stereocenters. The third-order valence-electron chi connectivity index (χ3n) is 0.167. The second-order valence-electron chi connectivity index (χ2n) is 0.439. The first-order chi connectivity index (χ1) is 2.27. The molecule has 0 aliphatic rings. The largest absolute Gasteiger partial charge is 0.760 e. The van der Waals surface area contributed by atoms with Crippen LogP contribution in [0.2, 0.25) is 0 Å². The van der Waals surface area contributed by atoms with Crippen LogP contribution < -0.4 is 4.39 Å². The van der Waals surface area contributed by atoms with Gasteiger partial charge in [-0.25, -0.2) is 0 Å². The predicted molar refractivity (Wildman–Crippen MR) is 22.0 cm³/mol. The molecule has 1 N–H and O–H groups in total. The third-order valence-corrected chi connectivity index (χ3v) is 1.50. The van der Waals surface area contributed by atoms with Crippen LogP contribution in [0.25, 0.3) is 0 Å². The van der Waals surface area contributed by atoms with Crippen LogP contribution in [0.15, 0.2) is 0 Å². The molecule has 3 nitrogen and oxygen atoms in total. The molecule has 0 rings (SSSR count). The highest BCUT2D eigenvalue weighted by atomic mass is 32.2. The maximum absolute atomic E-state index is 9.29. The van der Waals surface area contributed by atoms with Crippen molar-refractivity contribution < 1.29 is 8.76 Å². The van der Waals surface area contributed by atoms with E-state index in [0.29, 0.717) is 10.4 Å². The summed E-state index contributed by atoms with van der Waals surface area (Å²) < 4.78 is 20.7. The number of hydrogen-bond acceptors (Lipinski definition) is 2. The zero-order chi connectivity index (χ0) is 4.28. The van der Waals surface area contributed by atoms with E-state index in [1.165, 1.54) is 0 Å². The highest BCUT2D eigenvalue weighted by molar-refractivity contribution is 7.78. The van der Waals surface area contributed by atoms with Crippen LogP contribution in [-0.4, -0.2) is 19.2 Å². The molecule has 0 aliphatic carbocycles. The number of rotatable bonds is 1. The molecule has 0 saturated heterocycles. The first-order valence-electron chi connectivity index (χ1n) is 1.04. The Hall–Kier alpha value is 0.287. The van der Waals surface area contributed by atoms with Gasteiger partial charge in [0.2, 0.25) is 0 Å². The zero-order valence-electron chi connectivity index (χ0n) is 2.72. The number of hydrogen-bond donors (Lipinski definition) is 1. The topological polar surface area (TPSA) is 52.2 Å². The monoisotopic (exact) mass is 110 g/mol. The second kappa shape index (κ2) is 2.52. The molecule has 5 heavy (non-hydrogen) atoms. The summed E-state index contributed by atoms with van der Waals surface area (Å²) in [5, 5.41) is 0.